The summed E-state index contributed by atoms with van der Waals surface area (Å²) < 4.78 is 5.20. The average molecular weight is 384 g/mol. The summed E-state index contributed by atoms with van der Waals surface area (Å²) in [6.45, 7) is 16.3. The number of rotatable bonds is 6. The maximum atomic E-state index is 11.6. The largest absolute Gasteiger partial charge is 0.444 e. The molecular formula is C18H33N5O2S. The quantitative estimate of drug-likeness (QED) is 0.399. The van der Waals surface area contributed by atoms with Crippen LogP contribution in [-0.2, 0) is 16.7 Å². The molecule has 1 heterocycles. The Bertz CT molecular complexity index is 599. The maximum Gasteiger partial charge on any atom is 0.407 e. The molecule has 0 aliphatic carbocycles. The Morgan fingerprint density at radius 3 is 2.35 bits per heavy atom. The molecule has 0 fully saturated rings. The zero-order valence-electron chi connectivity index (χ0n) is 17.0. The molecule has 3 N–H and O–H groups in total. The standard InChI is InChI=1S/C18H33N5O2S/c1-8-19-15(20-9-10-21-16(24)25-18(5,6)7)22-11-13-12-26-14(23-13)17(2,3)4/h12H,8-11H2,1-7H3,(H,21,24)(H2,19,20,22). The van der Waals surface area contributed by atoms with Crippen LogP contribution in [0.25, 0.3) is 0 Å². The van der Waals surface area contributed by atoms with Gasteiger partial charge in [-0.1, -0.05) is 20.8 Å². The summed E-state index contributed by atoms with van der Waals surface area (Å²) in [5.41, 5.74) is 0.528. The van der Waals surface area contributed by atoms with Crippen LogP contribution < -0.4 is 16.0 Å². The molecule has 148 valence electrons. The van der Waals surface area contributed by atoms with Crippen molar-refractivity contribution in [2.75, 3.05) is 19.6 Å². The highest BCUT2D eigenvalue weighted by atomic mass is 32.1. The van der Waals surface area contributed by atoms with Crippen molar-refractivity contribution in [2.45, 2.75) is 66.0 Å². The Morgan fingerprint density at radius 1 is 1.15 bits per heavy atom. The fourth-order valence-corrected chi connectivity index (χ4v) is 2.78. The number of amides is 1. The van der Waals surface area contributed by atoms with Gasteiger partial charge in [0.1, 0.15) is 5.60 Å². The molecular weight excluding hydrogens is 350 g/mol. The number of nitrogens with one attached hydrogen (secondary N) is 3. The Kier molecular flexibility index (Phi) is 8.33. The molecule has 1 amide bonds. The van der Waals surface area contributed by atoms with Crippen molar-refractivity contribution < 1.29 is 9.53 Å². The summed E-state index contributed by atoms with van der Waals surface area (Å²) in [4.78, 5) is 20.8. The Hall–Kier alpha value is -1.83. The monoisotopic (exact) mass is 383 g/mol. The molecule has 0 aromatic carbocycles. The number of ether oxygens (including phenoxy) is 1. The van der Waals surface area contributed by atoms with E-state index in [-0.39, 0.29) is 5.41 Å². The lowest BCUT2D eigenvalue weighted by molar-refractivity contribution is 0.0529. The molecule has 1 aromatic heterocycles. The molecule has 8 heteroatoms. The van der Waals surface area contributed by atoms with Crippen molar-refractivity contribution in [3.05, 3.63) is 16.1 Å². The van der Waals surface area contributed by atoms with Crippen LogP contribution in [0.2, 0.25) is 0 Å². The normalized spacial score (nSPS) is 12.7. The molecule has 0 aliphatic rings. The SMILES string of the molecule is CCNC(=NCc1csc(C(C)(C)C)n1)NCCNC(=O)OC(C)(C)C. The van der Waals surface area contributed by atoms with Crippen LogP contribution in [0.15, 0.2) is 10.4 Å². The van der Waals surface area contributed by atoms with E-state index < -0.39 is 11.7 Å². The Labute approximate surface area is 161 Å². The van der Waals surface area contributed by atoms with Gasteiger partial charge in [-0.05, 0) is 27.7 Å². The summed E-state index contributed by atoms with van der Waals surface area (Å²) in [5.74, 6) is 0.698. The van der Waals surface area contributed by atoms with Gasteiger partial charge in [-0.2, -0.15) is 0 Å². The van der Waals surface area contributed by atoms with Crippen molar-refractivity contribution >= 4 is 23.4 Å². The molecule has 1 aromatic rings. The van der Waals surface area contributed by atoms with E-state index in [1.165, 1.54) is 0 Å². The summed E-state index contributed by atoms with van der Waals surface area (Å²) in [6, 6.07) is 0. The zero-order chi connectivity index (χ0) is 19.8. The topological polar surface area (TPSA) is 87.6 Å². The van der Waals surface area contributed by atoms with Crippen LogP contribution in [0.1, 0.15) is 59.2 Å². The number of hydrogen-bond acceptors (Lipinski definition) is 5. The number of guanidine groups is 1. The average Bonchev–Trinajstić information content (AvgIpc) is 2.96. The Balaban J connectivity index is 2.46. The molecule has 0 spiro atoms. The molecule has 0 saturated carbocycles. The zero-order valence-corrected chi connectivity index (χ0v) is 17.8. The van der Waals surface area contributed by atoms with Crippen molar-refractivity contribution in [1.29, 1.82) is 0 Å². The lowest BCUT2D eigenvalue weighted by Gasteiger charge is -2.19. The molecule has 1 rings (SSSR count). The summed E-state index contributed by atoms with van der Waals surface area (Å²) in [7, 11) is 0. The molecule has 0 atom stereocenters. The van der Waals surface area contributed by atoms with Gasteiger partial charge in [0.25, 0.3) is 0 Å². The van der Waals surface area contributed by atoms with Gasteiger partial charge in [0, 0.05) is 30.4 Å². The van der Waals surface area contributed by atoms with Gasteiger partial charge in [-0.25, -0.2) is 14.8 Å². The first-order valence-electron chi connectivity index (χ1n) is 8.95. The number of aliphatic imine (C=N–C) groups is 1. The van der Waals surface area contributed by atoms with Crippen molar-refractivity contribution in [1.82, 2.24) is 20.9 Å². The summed E-state index contributed by atoms with van der Waals surface area (Å²) in [6.07, 6.45) is -0.418. The molecule has 0 radical (unpaired) electrons. The van der Waals surface area contributed by atoms with Gasteiger partial charge < -0.3 is 20.7 Å². The van der Waals surface area contributed by atoms with Crippen molar-refractivity contribution in [3.63, 3.8) is 0 Å². The number of alkyl carbamates (subject to hydrolysis) is 1. The van der Waals surface area contributed by atoms with Crippen molar-refractivity contribution in [3.8, 4) is 0 Å². The third kappa shape index (κ3) is 9.03. The molecule has 0 saturated heterocycles. The first kappa shape index (κ1) is 22.2. The lowest BCUT2D eigenvalue weighted by Crippen LogP contribution is -2.42. The molecule has 0 unspecified atom stereocenters. The highest BCUT2D eigenvalue weighted by Gasteiger charge is 2.18. The van der Waals surface area contributed by atoms with Crippen LogP contribution in [0, 0.1) is 0 Å². The number of carbonyl (C=O) groups excluding carboxylic acids is 1. The summed E-state index contributed by atoms with van der Waals surface area (Å²) >= 11 is 1.67. The fraction of sp³-hybridized carbons (Fsp3) is 0.722. The van der Waals surface area contributed by atoms with E-state index in [1.807, 2.05) is 27.7 Å². The first-order chi connectivity index (χ1) is 12.0. The van der Waals surface area contributed by atoms with Crippen LogP contribution in [0.4, 0.5) is 4.79 Å². The number of aromatic nitrogens is 1. The van der Waals surface area contributed by atoms with Gasteiger partial charge in [0.05, 0.1) is 17.2 Å². The second kappa shape index (κ2) is 9.75. The van der Waals surface area contributed by atoms with E-state index in [0.717, 1.165) is 17.2 Å². The lowest BCUT2D eigenvalue weighted by atomic mass is 9.98. The number of carbonyl (C=O) groups is 1. The second-order valence-corrected chi connectivity index (χ2v) is 8.80. The van der Waals surface area contributed by atoms with E-state index in [1.54, 1.807) is 11.3 Å². The molecule has 7 nitrogen and oxygen atoms in total. The highest BCUT2D eigenvalue weighted by molar-refractivity contribution is 7.09. The van der Waals surface area contributed by atoms with Gasteiger partial charge in [-0.3, -0.25) is 0 Å². The molecule has 26 heavy (non-hydrogen) atoms. The van der Waals surface area contributed by atoms with E-state index in [0.29, 0.717) is 25.6 Å². The number of thiazole rings is 1. The van der Waals surface area contributed by atoms with E-state index in [4.69, 9.17) is 4.74 Å². The predicted octanol–water partition coefficient (Wildman–Crippen LogP) is 3.02. The van der Waals surface area contributed by atoms with E-state index in [2.05, 4.69) is 52.1 Å². The van der Waals surface area contributed by atoms with Crippen LogP contribution in [0.5, 0.6) is 0 Å². The summed E-state index contributed by atoms with van der Waals surface area (Å²) in [5, 5.41) is 12.3. The van der Waals surface area contributed by atoms with Crippen LogP contribution in [-0.4, -0.2) is 42.3 Å². The van der Waals surface area contributed by atoms with E-state index in [9.17, 15) is 4.79 Å². The molecule has 0 aliphatic heterocycles. The minimum absolute atomic E-state index is 0.0582. The smallest absolute Gasteiger partial charge is 0.407 e. The van der Waals surface area contributed by atoms with E-state index >= 15 is 0 Å². The minimum atomic E-state index is -0.493. The minimum Gasteiger partial charge on any atom is -0.444 e. The van der Waals surface area contributed by atoms with Gasteiger partial charge in [0.2, 0.25) is 0 Å². The number of nitrogens with zero attached hydrogens (tertiary/aromatic N) is 2. The number of hydrogen-bond donors (Lipinski definition) is 3. The van der Waals surface area contributed by atoms with Crippen LogP contribution >= 0.6 is 11.3 Å². The second-order valence-electron chi connectivity index (χ2n) is 7.94. The molecule has 0 bridgehead atoms. The third-order valence-electron chi connectivity index (χ3n) is 3.02. The van der Waals surface area contributed by atoms with Gasteiger partial charge >= 0.3 is 6.09 Å². The van der Waals surface area contributed by atoms with Gasteiger partial charge in [-0.15, -0.1) is 11.3 Å². The maximum absolute atomic E-state index is 11.6. The predicted molar refractivity (Wildman–Crippen MR) is 108 cm³/mol. The van der Waals surface area contributed by atoms with Gasteiger partial charge in [0.15, 0.2) is 5.96 Å². The fourth-order valence-electron chi connectivity index (χ4n) is 1.89. The highest BCUT2D eigenvalue weighted by Crippen LogP contribution is 2.25. The van der Waals surface area contributed by atoms with Crippen molar-refractivity contribution in [2.24, 2.45) is 4.99 Å². The Morgan fingerprint density at radius 2 is 1.81 bits per heavy atom. The van der Waals surface area contributed by atoms with Crippen LogP contribution in [0.3, 0.4) is 0 Å². The first-order valence-corrected chi connectivity index (χ1v) is 9.83. The third-order valence-corrected chi connectivity index (χ3v) is 4.34.